The summed E-state index contributed by atoms with van der Waals surface area (Å²) < 4.78 is 0. The van der Waals surface area contributed by atoms with Crippen molar-refractivity contribution in [3.8, 4) is 0 Å². The van der Waals surface area contributed by atoms with Crippen molar-refractivity contribution in [3.63, 3.8) is 0 Å². The molecular weight excluding hydrogens is 302 g/mol. The zero-order valence-electron chi connectivity index (χ0n) is 13.8. The molecule has 23 heavy (non-hydrogen) atoms. The number of amides is 1. The minimum absolute atomic E-state index is 0.0783. The fourth-order valence-electron chi connectivity index (χ4n) is 3.01. The van der Waals surface area contributed by atoms with Gasteiger partial charge in [0, 0.05) is 10.6 Å². The van der Waals surface area contributed by atoms with Crippen LogP contribution < -0.4 is 5.32 Å². The Kier molecular flexibility index (Phi) is 5.06. The maximum atomic E-state index is 12.5. The van der Waals surface area contributed by atoms with Gasteiger partial charge < -0.3 is 5.32 Å². The molecule has 0 radical (unpaired) electrons. The molecule has 0 unspecified atom stereocenters. The molecule has 0 saturated carbocycles. The molecule has 0 heterocycles. The van der Waals surface area contributed by atoms with Gasteiger partial charge in [0.05, 0.1) is 5.25 Å². The normalized spacial score (nSPS) is 14.9. The molecule has 0 fully saturated rings. The second-order valence-corrected chi connectivity index (χ2v) is 7.63. The number of rotatable bonds is 4. The van der Waals surface area contributed by atoms with Crippen molar-refractivity contribution in [2.45, 2.75) is 49.7 Å². The standard InChI is InChI=1S/C20H23NOS/c1-14-10-12-17(13-11-14)23-15(2)20(22)21-19-9-5-7-16-6-3-4-8-18(16)19/h5,7,9-13,15H,3-4,6,8H2,1-2H3,(H,21,22)/t15-/m0/s1. The summed E-state index contributed by atoms with van der Waals surface area (Å²) in [6, 6.07) is 14.6. The quantitative estimate of drug-likeness (QED) is 0.802. The molecule has 2 aromatic rings. The molecule has 120 valence electrons. The number of aryl methyl sites for hydroxylation is 2. The summed E-state index contributed by atoms with van der Waals surface area (Å²) in [5.74, 6) is 0.0783. The van der Waals surface area contributed by atoms with E-state index in [0.717, 1.165) is 23.4 Å². The van der Waals surface area contributed by atoms with Crippen LogP contribution in [0.3, 0.4) is 0 Å². The van der Waals surface area contributed by atoms with E-state index < -0.39 is 0 Å². The Morgan fingerprint density at radius 3 is 2.61 bits per heavy atom. The van der Waals surface area contributed by atoms with Crippen LogP contribution in [-0.2, 0) is 17.6 Å². The highest BCUT2D eigenvalue weighted by atomic mass is 32.2. The fraction of sp³-hybridized carbons (Fsp3) is 0.350. The van der Waals surface area contributed by atoms with Gasteiger partial charge in [-0.3, -0.25) is 4.79 Å². The van der Waals surface area contributed by atoms with Gasteiger partial charge in [0.2, 0.25) is 5.91 Å². The molecule has 0 spiro atoms. The highest BCUT2D eigenvalue weighted by molar-refractivity contribution is 8.00. The van der Waals surface area contributed by atoms with E-state index in [1.54, 1.807) is 11.8 Å². The molecule has 1 N–H and O–H groups in total. The van der Waals surface area contributed by atoms with Crippen molar-refractivity contribution < 1.29 is 4.79 Å². The molecule has 1 aliphatic rings. The van der Waals surface area contributed by atoms with E-state index in [9.17, 15) is 4.79 Å². The van der Waals surface area contributed by atoms with E-state index in [-0.39, 0.29) is 11.2 Å². The Morgan fingerprint density at radius 1 is 1.09 bits per heavy atom. The Hall–Kier alpha value is -1.74. The summed E-state index contributed by atoms with van der Waals surface area (Å²) in [6.07, 6.45) is 4.68. The number of nitrogens with one attached hydrogen (secondary N) is 1. The molecule has 2 nitrogen and oxygen atoms in total. The van der Waals surface area contributed by atoms with Crippen LogP contribution in [0.25, 0.3) is 0 Å². The second kappa shape index (κ2) is 7.22. The average Bonchev–Trinajstić information content (AvgIpc) is 2.57. The predicted molar refractivity (Wildman–Crippen MR) is 98.2 cm³/mol. The molecule has 0 bridgehead atoms. The van der Waals surface area contributed by atoms with Crippen LogP contribution in [0, 0.1) is 6.92 Å². The van der Waals surface area contributed by atoms with Crippen molar-refractivity contribution in [1.29, 1.82) is 0 Å². The molecule has 1 aliphatic carbocycles. The predicted octanol–water partition coefficient (Wildman–Crippen LogP) is 4.99. The van der Waals surface area contributed by atoms with Gasteiger partial charge in [-0.05, 0) is 68.9 Å². The third-order valence-electron chi connectivity index (χ3n) is 4.36. The zero-order chi connectivity index (χ0) is 16.2. The lowest BCUT2D eigenvalue weighted by Crippen LogP contribution is -2.23. The molecule has 2 aromatic carbocycles. The van der Waals surface area contributed by atoms with E-state index in [1.807, 2.05) is 13.0 Å². The van der Waals surface area contributed by atoms with Crippen molar-refractivity contribution in [2.75, 3.05) is 5.32 Å². The van der Waals surface area contributed by atoms with Crippen molar-refractivity contribution in [1.82, 2.24) is 0 Å². The van der Waals surface area contributed by atoms with Gasteiger partial charge in [0.25, 0.3) is 0 Å². The smallest absolute Gasteiger partial charge is 0.237 e. The number of carbonyl (C=O) groups is 1. The summed E-state index contributed by atoms with van der Waals surface area (Å²) in [5, 5.41) is 3.03. The number of benzene rings is 2. The van der Waals surface area contributed by atoms with E-state index in [2.05, 4.69) is 48.6 Å². The maximum Gasteiger partial charge on any atom is 0.237 e. The maximum absolute atomic E-state index is 12.5. The Morgan fingerprint density at radius 2 is 1.83 bits per heavy atom. The van der Waals surface area contributed by atoms with Gasteiger partial charge in [-0.25, -0.2) is 0 Å². The monoisotopic (exact) mass is 325 g/mol. The van der Waals surface area contributed by atoms with Gasteiger partial charge in [-0.2, -0.15) is 0 Å². The summed E-state index contributed by atoms with van der Waals surface area (Å²) in [4.78, 5) is 13.7. The second-order valence-electron chi connectivity index (χ2n) is 6.21. The Balaban J connectivity index is 1.68. The third-order valence-corrected chi connectivity index (χ3v) is 5.47. The lowest BCUT2D eigenvalue weighted by atomic mass is 9.90. The number of hydrogen-bond acceptors (Lipinski definition) is 2. The molecule has 1 atom stereocenters. The third kappa shape index (κ3) is 3.97. The highest BCUT2D eigenvalue weighted by Gasteiger charge is 2.18. The molecular formula is C20H23NOS. The van der Waals surface area contributed by atoms with Crippen LogP contribution >= 0.6 is 11.8 Å². The van der Waals surface area contributed by atoms with E-state index in [0.29, 0.717) is 0 Å². The fourth-order valence-corrected chi connectivity index (χ4v) is 3.87. The zero-order valence-corrected chi connectivity index (χ0v) is 14.6. The molecule has 0 saturated heterocycles. The summed E-state index contributed by atoms with van der Waals surface area (Å²) in [6.45, 7) is 4.04. The number of carbonyl (C=O) groups excluding carboxylic acids is 1. The SMILES string of the molecule is Cc1ccc(S[C@@H](C)C(=O)Nc2cccc3c2CCCC3)cc1. The van der Waals surface area contributed by atoms with Crippen LogP contribution in [0.1, 0.15) is 36.5 Å². The Labute approximate surface area is 142 Å². The Bertz CT molecular complexity index is 693. The van der Waals surface area contributed by atoms with Gasteiger partial charge in [-0.1, -0.05) is 29.8 Å². The largest absolute Gasteiger partial charge is 0.325 e. The molecule has 3 heteroatoms. The van der Waals surface area contributed by atoms with Crippen LogP contribution in [0.15, 0.2) is 47.4 Å². The minimum atomic E-state index is -0.114. The van der Waals surface area contributed by atoms with Crippen molar-refractivity contribution >= 4 is 23.4 Å². The first-order valence-corrected chi connectivity index (χ1v) is 9.16. The summed E-state index contributed by atoms with van der Waals surface area (Å²) in [5.41, 5.74) is 4.97. The lowest BCUT2D eigenvalue weighted by molar-refractivity contribution is -0.115. The van der Waals surface area contributed by atoms with Crippen LogP contribution in [0.2, 0.25) is 0 Å². The van der Waals surface area contributed by atoms with Crippen molar-refractivity contribution in [2.24, 2.45) is 0 Å². The molecule has 3 rings (SSSR count). The topological polar surface area (TPSA) is 29.1 Å². The minimum Gasteiger partial charge on any atom is -0.325 e. The van der Waals surface area contributed by atoms with Crippen molar-refractivity contribution in [3.05, 3.63) is 59.2 Å². The van der Waals surface area contributed by atoms with E-state index >= 15 is 0 Å². The van der Waals surface area contributed by atoms with E-state index in [1.165, 1.54) is 29.5 Å². The number of thioether (sulfide) groups is 1. The van der Waals surface area contributed by atoms with Crippen LogP contribution in [0.5, 0.6) is 0 Å². The van der Waals surface area contributed by atoms with Gasteiger partial charge in [0.1, 0.15) is 0 Å². The van der Waals surface area contributed by atoms with E-state index in [4.69, 9.17) is 0 Å². The van der Waals surface area contributed by atoms with Crippen LogP contribution in [0.4, 0.5) is 5.69 Å². The first-order valence-electron chi connectivity index (χ1n) is 8.28. The first-order chi connectivity index (χ1) is 11.1. The summed E-state index contributed by atoms with van der Waals surface area (Å²) in [7, 11) is 0. The number of fused-ring (bicyclic) bond motifs is 1. The number of hydrogen-bond donors (Lipinski definition) is 1. The molecule has 0 aromatic heterocycles. The van der Waals surface area contributed by atoms with Gasteiger partial charge in [0.15, 0.2) is 0 Å². The average molecular weight is 325 g/mol. The lowest BCUT2D eigenvalue weighted by Gasteiger charge is -2.20. The first kappa shape index (κ1) is 16.1. The molecule has 1 amide bonds. The van der Waals surface area contributed by atoms with Gasteiger partial charge in [-0.15, -0.1) is 11.8 Å². The summed E-state index contributed by atoms with van der Waals surface area (Å²) >= 11 is 1.60. The van der Waals surface area contributed by atoms with Crippen LogP contribution in [-0.4, -0.2) is 11.2 Å². The van der Waals surface area contributed by atoms with Gasteiger partial charge >= 0.3 is 0 Å². The molecule has 0 aliphatic heterocycles. The highest BCUT2D eigenvalue weighted by Crippen LogP contribution is 2.29. The number of anilines is 1.